The molecule has 3 aliphatic heterocycles. The van der Waals surface area contributed by atoms with E-state index in [0.717, 1.165) is 42.6 Å². The van der Waals surface area contributed by atoms with E-state index >= 15 is 0 Å². The second-order valence-electron chi connectivity index (χ2n) is 9.46. The summed E-state index contributed by atoms with van der Waals surface area (Å²) in [5.74, 6) is -1.50. The van der Waals surface area contributed by atoms with Crippen LogP contribution in [0.2, 0.25) is 0 Å². The Kier molecular flexibility index (Phi) is 5.81. The van der Waals surface area contributed by atoms with E-state index < -0.39 is 17.8 Å². The van der Waals surface area contributed by atoms with E-state index in [9.17, 15) is 23.6 Å². The number of carbonyl (C=O) groups is 3. The van der Waals surface area contributed by atoms with Gasteiger partial charge in [0.2, 0.25) is 11.8 Å². The summed E-state index contributed by atoms with van der Waals surface area (Å²) >= 11 is 0. The first-order chi connectivity index (χ1) is 16.3. The third-order valence-electron chi connectivity index (χ3n) is 7.26. The maximum absolute atomic E-state index is 14.5. The Morgan fingerprint density at radius 3 is 2.53 bits per heavy atom. The van der Waals surface area contributed by atoms with E-state index in [2.05, 4.69) is 10.2 Å². The number of carbonyl (C=O) groups excluding carboxylic acids is 3. The largest absolute Gasteiger partial charge is 0.322 e. The zero-order valence-corrected chi connectivity index (χ0v) is 19.1. The fourth-order valence-corrected chi connectivity index (χ4v) is 5.37. The van der Waals surface area contributed by atoms with Crippen LogP contribution in [-0.4, -0.2) is 51.2 Å². The molecule has 1 N–H and O–H groups in total. The SMILES string of the molecule is Cn1ccc(CN2CCC(c3cc(F)cc4c3CN(C3CCC(=O)NC3=O)C4=O)CC2)cc1=O. The second-order valence-corrected chi connectivity index (χ2v) is 9.46. The van der Waals surface area contributed by atoms with Crippen molar-refractivity contribution >= 4 is 17.7 Å². The molecule has 0 spiro atoms. The third kappa shape index (κ3) is 4.16. The maximum atomic E-state index is 14.5. The van der Waals surface area contributed by atoms with Crippen LogP contribution >= 0.6 is 0 Å². The van der Waals surface area contributed by atoms with Gasteiger partial charge in [-0.1, -0.05) is 0 Å². The van der Waals surface area contributed by atoms with Gasteiger partial charge < -0.3 is 9.47 Å². The van der Waals surface area contributed by atoms with Gasteiger partial charge in [-0.25, -0.2) is 4.39 Å². The van der Waals surface area contributed by atoms with E-state index in [4.69, 9.17) is 0 Å². The number of aromatic nitrogens is 1. The van der Waals surface area contributed by atoms with Crippen molar-refractivity contribution in [2.45, 2.75) is 50.7 Å². The van der Waals surface area contributed by atoms with Crippen LogP contribution in [0.3, 0.4) is 0 Å². The van der Waals surface area contributed by atoms with Gasteiger partial charge in [-0.05, 0) is 73.2 Å². The lowest BCUT2D eigenvalue weighted by atomic mass is 9.85. The molecule has 1 aromatic carbocycles. The number of nitrogens with one attached hydrogen (secondary N) is 1. The molecule has 1 unspecified atom stereocenters. The van der Waals surface area contributed by atoms with Crippen LogP contribution in [0.1, 0.15) is 58.6 Å². The Balaban J connectivity index is 1.31. The summed E-state index contributed by atoms with van der Waals surface area (Å²) in [5.41, 5.74) is 2.89. The molecule has 0 saturated carbocycles. The predicted molar refractivity (Wildman–Crippen MR) is 121 cm³/mol. The molecule has 1 aromatic heterocycles. The number of fused-ring (bicyclic) bond motifs is 1. The second kappa shape index (κ2) is 8.79. The number of nitrogens with zero attached hydrogens (tertiary/aromatic N) is 3. The first-order valence-corrected chi connectivity index (χ1v) is 11.6. The van der Waals surface area contributed by atoms with Crippen LogP contribution in [0.15, 0.2) is 35.3 Å². The van der Waals surface area contributed by atoms with Crippen molar-refractivity contribution in [2.24, 2.45) is 7.05 Å². The van der Waals surface area contributed by atoms with Crippen molar-refractivity contribution in [2.75, 3.05) is 13.1 Å². The predicted octanol–water partition coefficient (Wildman–Crippen LogP) is 1.67. The van der Waals surface area contributed by atoms with Gasteiger partial charge in [-0.15, -0.1) is 0 Å². The highest BCUT2D eigenvalue weighted by molar-refractivity contribution is 6.05. The summed E-state index contributed by atoms with van der Waals surface area (Å²) in [6.07, 6.45) is 3.86. The normalized spacial score (nSPS) is 21.6. The molecule has 3 aliphatic rings. The Labute approximate surface area is 196 Å². The number of rotatable bonds is 4. The number of hydrogen-bond donors (Lipinski definition) is 1. The lowest BCUT2D eigenvalue weighted by Gasteiger charge is -2.33. The molecule has 178 valence electrons. The van der Waals surface area contributed by atoms with Crippen LogP contribution < -0.4 is 10.9 Å². The average molecular weight is 467 g/mol. The molecule has 0 bridgehead atoms. The molecule has 8 nitrogen and oxygen atoms in total. The number of pyridine rings is 1. The number of halogens is 1. The summed E-state index contributed by atoms with van der Waals surface area (Å²) in [6, 6.07) is 5.68. The molecular weight excluding hydrogens is 439 g/mol. The topological polar surface area (TPSA) is 91.7 Å². The first kappa shape index (κ1) is 22.5. The van der Waals surface area contributed by atoms with E-state index in [1.165, 1.54) is 17.0 Å². The Bertz CT molecular complexity index is 1230. The molecule has 9 heteroatoms. The lowest BCUT2D eigenvalue weighted by Crippen LogP contribution is -2.52. The van der Waals surface area contributed by atoms with Crippen LogP contribution in [0.5, 0.6) is 0 Å². The number of benzene rings is 1. The minimum Gasteiger partial charge on any atom is -0.322 e. The first-order valence-electron chi connectivity index (χ1n) is 11.6. The van der Waals surface area contributed by atoms with Gasteiger partial charge in [-0.2, -0.15) is 0 Å². The molecule has 0 radical (unpaired) electrons. The van der Waals surface area contributed by atoms with Crippen LogP contribution in [0, 0.1) is 5.82 Å². The average Bonchev–Trinajstić information content (AvgIpc) is 3.12. The van der Waals surface area contributed by atoms with Crippen molar-refractivity contribution in [1.29, 1.82) is 0 Å². The number of imide groups is 1. The summed E-state index contributed by atoms with van der Waals surface area (Å²) in [7, 11) is 1.72. The van der Waals surface area contributed by atoms with Crippen molar-refractivity contribution in [3.63, 3.8) is 0 Å². The standard InChI is InChI=1S/C25H27FN4O4/c1-28-7-4-15(10-23(28)32)13-29-8-5-16(6-9-29)18-11-17(26)12-19-20(18)14-30(25(19)34)21-2-3-22(31)27-24(21)33/h4,7,10-12,16,21H,2-3,5-6,8-9,13-14H2,1H3,(H,27,31,33). The highest BCUT2D eigenvalue weighted by Gasteiger charge is 2.41. The summed E-state index contributed by atoms with van der Waals surface area (Å²) in [6.45, 7) is 2.54. The van der Waals surface area contributed by atoms with Gasteiger partial charge in [0.1, 0.15) is 11.9 Å². The Morgan fingerprint density at radius 2 is 1.82 bits per heavy atom. The zero-order chi connectivity index (χ0) is 24.0. The molecule has 4 heterocycles. The highest BCUT2D eigenvalue weighted by atomic mass is 19.1. The minimum absolute atomic E-state index is 0.0343. The van der Waals surface area contributed by atoms with Crippen molar-refractivity contribution in [3.05, 3.63) is 68.9 Å². The summed E-state index contributed by atoms with van der Waals surface area (Å²) in [4.78, 5) is 52.6. The van der Waals surface area contributed by atoms with Crippen LogP contribution in [0.4, 0.5) is 4.39 Å². The van der Waals surface area contributed by atoms with Crippen molar-refractivity contribution in [1.82, 2.24) is 19.7 Å². The minimum atomic E-state index is -0.714. The number of likely N-dealkylation sites (tertiary alicyclic amines) is 1. The number of aryl methyl sites for hydroxylation is 1. The molecular formula is C25H27FN4O4. The molecule has 5 rings (SSSR count). The maximum Gasteiger partial charge on any atom is 0.255 e. The summed E-state index contributed by atoms with van der Waals surface area (Å²) in [5, 5.41) is 2.30. The van der Waals surface area contributed by atoms with Gasteiger partial charge in [0.15, 0.2) is 0 Å². The monoisotopic (exact) mass is 466 g/mol. The van der Waals surface area contributed by atoms with Gasteiger partial charge in [0, 0.05) is 44.4 Å². The van der Waals surface area contributed by atoms with E-state index in [1.54, 1.807) is 23.9 Å². The van der Waals surface area contributed by atoms with E-state index in [1.807, 2.05) is 6.07 Å². The zero-order valence-electron chi connectivity index (χ0n) is 19.1. The highest BCUT2D eigenvalue weighted by Crippen LogP contribution is 2.37. The Hall–Kier alpha value is -3.33. The smallest absolute Gasteiger partial charge is 0.255 e. The van der Waals surface area contributed by atoms with E-state index in [-0.39, 0.29) is 42.7 Å². The molecule has 0 aliphatic carbocycles. The number of piperidine rings is 2. The fraction of sp³-hybridized carbons (Fsp3) is 0.440. The number of hydrogen-bond acceptors (Lipinski definition) is 5. The number of amides is 3. The van der Waals surface area contributed by atoms with E-state index in [0.29, 0.717) is 12.1 Å². The molecule has 3 amide bonds. The molecule has 1 atom stereocenters. The van der Waals surface area contributed by atoms with Crippen LogP contribution in [-0.2, 0) is 29.7 Å². The van der Waals surface area contributed by atoms with Gasteiger partial charge in [0.05, 0.1) is 0 Å². The fourth-order valence-electron chi connectivity index (χ4n) is 5.37. The molecule has 2 fully saturated rings. The van der Waals surface area contributed by atoms with Gasteiger partial charge >= 0.3 is 0 Å². The van der Waals surface area contributed by atoms with Crippen LogP contribution in [0.25, 0.3) is 0 Å². The molecule has 2 saturated heterocycles. The quantitative estimate of drug-likeness (QED) is 0.693. The summed E-state index contributed by atoms with van der Waals surface area (Å²) < 4.78 is 16.1. The van der Waals surface area contributed by atoms with Crippen molar-refractivity contribution in [3.8, 4) is 0 Å². The molecule has 2 aromatic rings. The van der Waals surface area contributed by atoms with Gasteiger partial charge in [-0.3, -0.25) is 29.4 Å². The Morgan fingerprint density at radius 1 is 1.06 bits per heavy atom. The van der Waals surface area contributed by atoms with Crippen molar-refractivity contribution < 1.29 is 18.8 Å². The van der Waals surface area contributed by atoms with Gasteiger partial charge in [0.25, 0.3) is 11.5 Å². The lowest BCUT2D eigenvalue weighted by molar-refractivity contribution is -0.136. The molecule has 34 heavy (non-hydrogen) atoms. The third-order valence-corrected chi connectivity index (χ3v) is 7.26.